The first-order chi connectivity index (χ1) is 12.6. The third kappa shape index (κ3) is 3.37. The molecular weight excluding hydrogens is 342 g/mol. The predicted octanol–water partition coefficient (Wildman–Crippen LogP) is 3.02. The number of rotatable bonds is 4. The van der Waals surface area contributed by atoms with E-state index in [-0.39, 0.29) is 11.3 Å². The Morgan fingerprint density at radius 3 is 2.96 bits per heavy atom. The minimum atomic E-state index is 0.0760. The number of nitrogens with one attached hydrogen (secondary N) is 2. The summed E-state index contributed by atoms with van der Waals surface area (Å²) in [6, 6.07) is 10.9. The highest BCUT2D eigenvalue weighted by Crippen LogP contribution is 2.53. The lowest BCUT2D eigenvalue weighted by atomic mass is 9.54. The third-order valence-electron chi connectivity index (χ3n) is 6.40. The number of aromatic nitrogens is 1. The van der Waals surface area contributed by atoms with Crippen LogP contribution in [0.1, 0.15) is 42.3 Å². The Morgan fingerprint density at radius 2 is 2.19 bits per heavy atom. The highest BCUT2D eigenvalue weighted by molar-refractivity contribution is 7.15. The van der Waals surface area contributed by atoms with Crippen LogP contribution in [0.2, 0.25) is 0 Å². The average Bonchev–Trinajstić information content (AvgIpc) is 2.97. The number of anilines is 1. The highest BCUT2D eigenvalue weighted by atomic mass is 32.1. The van der Waals surface area contributed by atoms with Crippen molar-refractivity contribution < 1.29 is 9.78 Å². The molecule has 4 N–H and O–H groups in total. The SMILES string of the molecule is CC(=O)NC[C@@H]1CCCC2(Cc3ccccc3)Cc3sc(N)[nH+]c3CC12. The molecule has 1 fully saturated rings. The fourth-order valence-electron chi connectivity index (χ4n) is 5.29. The number of amides is 1. The van der Waals surface area contributed by atoms with Crippen molar-refractivity contribution in [2.45, 2.75) is 45.4 Å². The topological polar surface area (TPSA) is 69.3 Å². The molecule has 0 aliphatic heterocycles. The Labute approximate surface area is 159 Å². The summed E-state index contributed by atoms with van der Waals surface area (Å²) in [6.07, 6.45) is 6.99. The zero-order valence-corrected chi connectivity index (χ0v) is 16.2. The zero-order valence-electron chi connectivity index (χ0n) is 15.4. The maximum Gasteiger partial charge on any atom is 0.329 e. The molecule has 0 bridgehead atoms. The van der Waals surface area contributed by atoms with Gasteiger partial charge in [0.1, 0.15) is 5.69 Å². The summed E-state index contributed by atoms with van der Waals surface area (Å²) in [7, 11) is 0. The molecule has 0 spiro atoms. The maximum atomic E-state index is 11.5. The van der Waals surface area contributed by atoms with Crippen LogP contribution in [0.4, 0.5) is 5.13 Å². The number of hydrogen-bond donors (Lipinski definition) is 2. The summed E-state index contributed by atoms with van der Waals surface area (Å²) in [6.45, 7) is 2.41. The van der Waals surface area contributed by atoms with Crippen LogP contribution in [0.25, 0.3) is 0 Å². The van der Waals surface area contributed by atoms with E-state index in [0.29, 0.717) is 11.8 Å². The molecule has 4 nitrogen and oxygen atoms in total. The van der Waals surface area contributed by atoms with Crippen molar-refractivity contribution in [2.75, 3.05) is 12.3 Å². The van der Waals surface area contributed by atoms with E-state index in [1.54, 1.807) is 18.3 Å². The lowest BCUT2D eigenvalue weighted by Crippen LogP contribution is -2.49. The van der Waals surface area contributed by atoms with E-state index < -0.39 is 0 Å². The van der Waals surface area contributed by atoms with Gasteiger partial charge in [-0.1, -0.05) is 48.1 Å². The van der Waals surface area contributed by atoms with Gasteiger partial charge in [0, 0.05) is 19.9 Å². The molecule has 2 unspecified atom stereocenters. The van der Waals surface area contributed by atoms with Crippen LogP contribution in [0.15, 0.2) is 30.3 Å². The van der Waals surface area contributed by atoms with E-state index in [0.717, 1.165) is 30.9 Å². The zero-order chi connectivity index (χ0) is 18.1. The number of carbonyl (C=O) groups is 1. The van der Waals surface area contributed by atoms with E-state index in [1.165, 1.54) is 35.4 Å². The average molecular weight is 371 g/mol. The van der Waals surface area contributed by atoms with E-state index in [2.05, 4.69) is 40.6 Å². The molecule has 2 aliphatic rings. The van der Waals surface area contributed by atoms with Gasteiger partial charge in [-0.25, -0.2) is 4.98 Å². The van der Waals surface area contributed by atoms with Gasteiger partial charge in [0.25, 0.3) is 0 Å². The summed E-state index contributed by atoms with van der Waals surface area (Å²) in [5.41, 5.74) is 9.12. The summed E-state index contributed by atoms with van der Waals surface area (Å²) in [5.74, 6) is 1.20. The fourth-order valence-corrected chi connectivity index (χ4v) is 6.35. The van der Waals surface area contributed by atoms with Crippen molar-refractivity contribution in [1.82, 2.24) is 5.32 Å². The van der Waals surface area contributed by atoms with Gasteiger partial charge in [-0.05, 0) is 48.5 Å². The minimum absolute atomic E-state index is 0.0760. The Bertz CT molecular complexity index is 788. The molecule has 0 saturated heterocycles. The van der Waals surface area contributed by atoms with Crippen LogP contribution in [0.3, 0.4) is 0 Å². The number of nitrogen functional groups attached to an aromatic ring is 1. The first kappa shape index (κ1) is 17.5. The Kier molecular flexibility index (Phi) is 4.74. The third-order valence-corrected chi connectivity index (χ3v) is 7.36. The van der Waals surface area contributed by atoms with E-state index in [4.69, 9.17) is 5.73 Å². The van der Waals surface area contributed by atoms with Crippen LogP contribution in [0, 0.1) is 17.3 Å². The van der Waals surface area contributed by atoms with E-state index in [9.17, 15) is 4.79 Å². The van der Waals surface area contributed by atoms with Gasteiger partial charge in [0.2, 0.25) is 5.91 Å². The van der Waals surface area contributed by atoms with Crippen LogP contribution in [-0.2, 0) is 24.1 Å². The normalized spacial score (nSPS) is 27.4. The van der Waals surface area contributed by atoms with Gasteiger partial charge >= 0.3 is 5.13 Å². The summed E-state index contributed by atoms with van der Waals surface area (Å²) < 4.78 is 0. The van der Waals surface area contributed by atoms with Crippen molar-refractivity contribution in [2.24, 2.45) is 17.3 Å². The van der Waals surface area contributed by atoms with Crippen LogP contribution in [-0.4, -0.2) is 12.5 Å². The predicted molar refractivity (Wildman–Crippen MR) is 105 cm³/mol. The standard InChI is InChI=1S/C21H27N3OS/c1-14(25)23-13-16-8-5-9-21(11-15-6-3-2-4-7-15)12-19-18(10-17(16)21)24-20(22)26-19/h2-4,6-7,16-17H,5,8-13H2,1H3,(H2,22,24)(H,23,25)/p+1/t16-,17?,21?/m0/s1. The van der Waals surface area contributed by atoms with Gasteiger partial charge in [-0.3, -0.25) is 10.5 Å². The van der Waals surface area contributed by atoms with Crippen LogP contribution in [0.5, 0.6) is 0 Å². The monoisotopic (exact) mass is 370 g/mol. The maximum absolute atomic E-state index is 11.5. The van der Waals surface area contributed by atoms with Gasteiger partial charge in [-0.2, -0.15) is 0 Å². The van der Waals surface area contributed by atoms with Gasteiger partial charge < -0.3 is 5.32 Å². The Balaban J connectivity index is 1.67. The smallest absolute Gasteiger partial charge is 0.329 e. The number of hydrogen-bond acceptors (Lipinski definition) is 3. The first-order valence-corrected chi connectivity index (χ1v) is 10.4. The molecule has 4 rings (SSSR count). The second-order valence-electron chi connectivity index (χ2n) is 8.09. The molecule has 1 aromatic heterocycles. The number of nitrogens with two attached hydrogens (primary N) is 1. The van der Waals surface area contributed by atoms with Crippen molar-refractivity contribution >= 4 is 22.4 Å². The number of carbonyl (C=O) groups excluding carboxylic acids is 1. The van der Waals surface area contributed by atoms with Crippen LogP contribution >= 0.6 is 11.3 Å². The van der Waals surface area contributed by atoms with E-state index in [1.807, 2.05) is 0 Å². The number of thiazole rings is 1. The highest BCUT2D eigenvalue weighted by Gasteiger charge is 2.49. The Hall–Kier alpha value is -1.88. The molecule has 1 aromatic carbocycles. The van der Waals surface area contributed by atoms with Crippen molar-refractivity contribution in [1.29, 1.82) is 0 Å². The van der Waals surface area contributed by atoms with Gasteiger partial charge in [-0.15, -0.1) is 0 Å². The molecule has 26 heavy (non-hydrogen) atoms. The fraction of sp³-hybridized carbons (Fsp3) is 0.524. The summed E-state index contributed by atoms with van der Waals surface area (Å²) in [4.78, 5) is 16.3. The van der Waals surface area contributed by atoms with E-state index >= 15 is 0 Å². The quantitative estimate of drug-likeness (QED) is 0.868. The number of aromatic amines is 1. The van der Waals surface area contributed by atoms with Crippen molar-refractivity contribution in [3.63, 3.8) is 0 Å². The molecule has 0 radical (unpaired) electrons. The van der Waals surface area contributed by atoms with Gasteiger partial charge in [0.15, 0.2) is 0 Å². The summed E-state index contributed by atoms with van der Waals surface area (Å²) >= 11 is 1.73. The molecule has 1 amide bonds. The minimum Gasteiger partial charge on any atom is -0.356 e. The lowest BCUT2D eigenvalue weighted by Gasteiger charge is -2.50. The molecule has 138 valence electrons. The lowest BCUT2D eigenvalue weighted by molar-refractivity contribution is -0.370. The molecule has 2 aromatic rings. The van der Waals surface area contributed by atoms with Crippen molar-refractivity contribution in [3.8, 4) is 0 Å². The number of benzene rings is 1. The molecular formula is C21H28N3OS+. The van der Waals surface area contributed by atoms with Gasteiger partial charge in [0.05, 0.1) is 4.88 Å². The largest absolute Gasteiger partial charge is 0.356 e. The summed E-state index contributed by atoms with van der Waals surface area (Å²) in [5, 5.41) is 3.91. The Morgan fingerprint density at radius 1 is 1.38 bits per heavy atom. The van der Waals surface area contributed by atoms with Crippen LogP contribution < -0.4 is 16.0 Å². The molecule has 2 aliphatic carbocycles. The van der Waals surface area contributed by atoms with Crippen molar-refractivity contribution in [3.05, 3.63) is 46.5 Å². The second kappa shape index (κ2) is 7.03. The second-order valence-corrected chi connectivity index (χ2v) is 9.23. The molecule has 3 atom stereocenters. The number of fused-ring (bicyclic) bond motifs is 2. The molecule has 5 heteroatoms. The number of H-pyrrole nitrogens is 1. The molecule has 1 heterocycles. The molecule has 1 saturated carbocycles. The first-order valence-electron chi connectivity index (χ1n) is 9.63.